The maximum atomic E-state index is 12.8. The van der Waals surface area contributed by atoms with Gasteiger partial charge in [-0.05, 0) is 43.4 Å². The summed E-state index contributed by atoms with van der Waals surface area (Å²) < 4.78 is 5.76. The minimum absolute atomic E-state index is 0.0619. The Morgan fingerprint density at radius 3 is 2.80 bits per heavy atom. The number of hydrogen-bond acceptors (Lipinski definition) is 5. The predicted octanol–water partition coefficient (Wildman–Crippen LogP) is 4.14. The maximum Gasteiger partial charge on any atom is 0.232 e. The zero-order chi connectivity index (χ0) is 17.4. The third-order valence-corrected chi connectivity index (χ3v) is 5.37. The van der Waals surface area contributed by atoms with Crippen molar-refractivity contribution in [2.45, 2.75) is 51.9 Å². The van der Waals surface area contributed by atoms with E-state index in [0.717, 1.165) is 30.0 Å². The first-order valence-corrected chi connectivity index (χ1v) is 9.10. The van der Waals surface area contributed by atoms with Crippen LogP contribution in [-0.2, 0) is 6.42 Å². The highest BCUT2D eigenvalue weighted by Gasteiger charge is 2.15. The Morgan fingerprint density at radius 1 is 1.20 bits per heavy atom. The summed E-state index contributed by atoms with van der Waals surface area (Å²) in [5.41, 5.74) is 8.25. The molecular weight excluding hydrogens is 314 g/mol. The zero-order valence-electron chi connectivity index (χ0n) is 14.5. The second kappa shape index (κ2) is 6.47. The average Bonchev–Trinajstić information content (AvgIpc) is 2.63. The molecule has 130 valence electrons. The Balaban J connectivity index is 1.69. The summed E-state index contributed by atoms with van der Waals surface area (Å²) in [5.74, 6) is 1.18. The molecule has 1 fully saturated rings. The van der Waals surface area contributed by atoms with Crippen molar-refractivity contribution in [2.24, 2.45) is 5.92 Å². The van der Waals surface area contributed by atoms with Crippen LogP contribution in [0.15, 0.2) is 27.5 Å². The van der Waals surface area contributed by atoms with Crippen molar-refractivity contribution in [3.05, 3.63) is 39.8 Å². The lowest BCUT2D eigenvalue weighted by Crippen LogP contribution is -2.09. The number of aryl methyl sites for hydroxylation is 2. The van der Waals surface area contributed by atoms with Crippen LogP contribution >= 0.6 is 0 Å². The van der Waals surface area contributed by atoms with Crippen LogP contribution in [0.5, 0.6) is 0 Å². The lowest BCUT2D eigenvalue weighted by Gasteiger charge is -2.21. The second-order valence-corrected chi connectivity index (χ2v) is 7.19. The van der Waals surface area contributed by atoms with Crippen molar-refractivity contribution in [3.63, 3.8) is 0 Å². The fourth-order valence-corrected chi connectivity index (χ4v) is 3.81. The number of anilines is 1. The van der Waals surface area contributed by atoms with Gasteiger partial charge in [-0.25, -0.2) is 0 Å². The third kappa shape index (κ3) is 3.11. The van der Waals surface area contributed by atoms with E-state index in [2.05, 4.69) is 9.97 Å². The van der Waals surface area contributed by atoms with Crippen molar-refractivity contribution >= 4 is 27.9 Å². The van der Waals surface area contributed by atoms with Crippen molar-refractivity contribution in [2.75, 3.05) is 5.73 Å². The smallest absolute Gasteiger partial charge is 0.232 e. The Kier molecular flexibility index (Phi) is 4.15. The van der Waals surface area contributed by atoms with Crippen molar-refractivity contribution < 1.29 is 4.42 Å². The molecule has 0 unspecified atom stereocenters. The Bertz CT molecular complexity index is 988. The van der Waals surface area contributed by atoms with E-state index >= 15 is 0 Å². The highest BCUT2D eigenvalue weighted by molar-refractivity contribution is 5.88. The van der Waals surface area contributed by atoms with Crippen LogP contribution in [0.2, 0.25) is 0 Å². The van der Waals surface area contributed by atoms with Crippen molar-refractivity contribution in [1.29, 1.82) is 0 Å². The molecule has 1 saturated carbocycles. The van der Waals surface area contributed by atoms with Gasteiger partial charge < -0.3 is 10.2 Å². The van der Waals surface area contributed by atoms with Gasteiger partial charge in [-0.15, -0.1) is 0 Å². The minimum Gasteiger partial charge on any atom is -0.436 e. The van der Waals surface area contributed by atoms with Crippen molar-refractivity contribution in [3.8, 4) is 0 Å². The first kappa shape index (κ1) is 16.1. The van der Waals surface area contributed by atoms with E-state index in [1.165, 1.54) is 32.1 Å². The summed E-state index contributed by atoms with van der Waals surface area (Å²) in [4.78, 5) is 21.5. The average molecular weight is 337 g/mol. The Labute approximate surface area is 146 Å². The molecular formula is C20H23N3O2. The van der Waals surface area contributed by atoms with Gasteiger partial charge in [-0.3, -0.25) is 9.78 Å². The van der Waals surface area contributed by atoms with E-state index in [0.29, 0.717) is 22.2 Å². The van der Waals surface area contributed by atoms with Crippen LogP contribution in [0, 0.1) is 12.8 Å². The van der Waals surface area contributed by atoms with Crippen LogP contribution in [-0.4, -0.2) is 9.97 Å². The van der Waals surface area contributed by atoms with Gasteiger partial charge in [0.1, 0.15) is 5.82 Å². The number of fused-ring (bicyclic) bond motifs is 2. The standard InChI is InChI=1S/C20H23N3O2/c1-12-9-16-18(24)15-10-14(8-7-13-5-3-2-4-6-13)22-11-17(15)25-20(16)23-19(12)21/h9-11,13H,2-8H2,1H3,(H2,21,23). The number of aromatic nitrogens is 2. The summed E-state index contributed by atoms with van der Waals surface area (Å²) in [5, 5.41) is 1.05. The van der Waals surface area contributed by atoms with Crippen molar-refractivity contribution in [1.82, 2.24) is 9.97 Å². The van der Waals surface area contributed by atoms with Crippen LogP contribution in [0.3, 0.4) is 0 Å². The number of nitrogen functional groups attached to an aromatic ring is 1. The molecule has 0 atom stereocenters. The molecule has 0 bridgehead atoms. The number of nitrogens with two attached hydrogens (primary N) is 1. The van der Waals surface area contributed by atoms with Crippen LogP contribution < -0.4 is 11.2 Å². The van der Waals surface area contributed by atoms with Gasteiger partial charge in [-0.2, -0.15) is 4.98 Å². The quantitative estimate of drug-likeness (QED) is 0.726. The normalized spacial score (nSPS) is 15.9. The minimum atomic E-state index is -0.0619. The number of rotatable bonds is 3. The van der Waals surface area contributed by atoms with E-state index in [-0.39, 0.29) is 11.1 Å². The molecule has 0 radical (unpaired) electrons. The topological polar surface area (TPSA) is 82.0 Å². The summed E-state index contributed by atoms with van der Waals surface area (Å²) in [7, 11) is 0. The van der Waals surface area contributed by atoms with Gasteiger partial charge in [0.05, 0.1) is 17.0 Å². The fourth-order valence-electron chi connectivity index (χ4n) is 3.81. The van der Waals surface area contributed by atoms with E-state index < -0.39 is 0 Å². The van der Waals surface area contributed by atoms with Crippen LogP contribution in [0.4, 0.5) is 5.82 Å². The summed E-state index contributed by atoms with van der Waals surface area (Å²) in [6.45, 7) is 1.84. The maximum absolute atomic E-state index is 12.8. The molecule has 3 heterocycles. The number of nitrogens with zero attached hydrogens (tertiary/aromatic N) is 2. The largest absolute Gasteiger partial charge is 0.436 e. The van der Waals surface area contributed by atoms with E-state index in [1.54, 1.807) is 12.3 Å². The lowest BCUT2D eigenvalue weighted by molar-refractivity contribution is 0.338. The molecule has 1 aliphatic rings. The van der Waals surface area contributed by atoms with Gasteiger partial charge in [0.25, 0.3) is 0 Å². The molecule has 0 aliphatic heterocycles. The molecule has 0 amide bonds. The van der Waals surface area contributed by atoms with E-state index in [4.69, 9.17) is 10.2 Å². The van der Waals surface area contributed by atoms with Gasteiger partial charge in [0.2, 0.25) is 11.1 Å². The summed E-state index contributed by atoms with van der Waals surface area (Å²) >= 11 is 0. The summed E-state index contributed by atoms with van der Waals surface area (Å²) in [6, 6.07) is 3.64. The van der Waals surface area contributed by atoms with Gasteiger partial charge in [0, 0.05) is 5.69 Å². The first-order chi connectivity index (χ1) is 12.1. The zero-order valence-corrected chi connectivity index (χ0v) is 14.5. The molecule has 0 aromatic carbocycles. The molecule has 5 nitrogen and oxygen atoms in total. The van der Waals surface area contributed by atoms with Crippen LogP contribution in [0.25, 0.3) is 22.1 Å². The number of pyridine rings is 2. The van der Waals surface area contributed by atoms with Crippen LogP contribution in [0.1, 0.15) is 49.8 Å². The number of hydrogen-bond donors (Lipinski definition) is 1. The highest BCUT2D eigenvalue weighted by Crippen LogP contribution is 2.27. The second-order valence-electron chi connectivity index (χ2n) is 7.19. The lowest BCUT2D eigenvalue weighted by atomic mass is 9.86. The molecule has 0 spiro atoms. The molecule has 5 heteroatoms. The molecule has 3 aromatic heterocycles. The third-order valence-electron chi connectivity index (χ3n) is 5.37. The van der Waals surface area contributed by atoms with Gasteiger partial charge in [0.15, 0.2) is 5.58 Å². The first-order valence-electron chi connectivity index (χ1n) is 9.10. The highest BCUT2D eigenvalue weighted by atomic mass is 16.3. The molecule has 2 N–H and O–H groups in total. The molecule has 0 saturated heterocycles. The van der Waals surface area contributed by atoms with E-state index in [1.807, 2.05) is 13.0 Å². The Morgan fingerprint density at radius 2 is 2.00 bits per heavy atom. The monoisotopic (exact) mass is 337 g/mol. The molecule has 4 rings (SSSR count). The predicted molar refractivity (Wildman–Crippen MR) is 99.6 cm³/mol. The Hall–Kier alpha value is -2.43. The van der Waals surface area contributed by atoms with Gasteiger partial charge in [-0.1, -0.05) is 32.1 Å². The molecule has 3 aromatic rings. The molecule has 25 heavy (non-hydrogen) atoms. The van der Waals surface area contributed by atoms with E-state index in [9.17, 15) is 4.79 Å². The molecule has 1 aliphatic carbocycles. The fraction of sp³-hybridized carbons (Fsp3) is 0.450. The van der Waals surface area contributed by atoms with Gasteiger partial charge >= 0.3 is 0 Å². The summed E-state index contributed by atoms with van der Waals surface area (Å²) in [6.07, 6.45) is 10.4. The SMILES string of the molecule is Cc1cc2c(=O)c3cc(CCC4CCCCC4)ncc3oc2nc1N.